The molecule has 3 radical (unpaired) electrons. The second-order valence-corrected chi connectivity index (χ2v) is 6.22. The summed E-state index contributed by atoms with van der Waals surface area (Å²) in [6.45, 7) is 4.17. The van der Waals surface area contributed by atoms with Gasteiger partial charge in [0, 0.05) is 20.4 Å². The normalized spacial score (nSPS) is 17.0. The predicted octanol–water partition coefficient (Wildman–Crippen LogP) is 0.834. The van der Waals surface area contributed by atoms with Crippen LogP contribution in [0.2, 0.25) is 0 Å². The van der Waals surface area contributed by atoms with Gasteiger partial charge in [-0.25, -0.2) is 0 Å². The van der Waals surface area contributed by atoms with Crippen molar-refractivity contribution in [3.63, 3.8) is 0 Å². The number of ketones is 1. The molecule has 2 nitrogen and oxygen atoms in total. The van der Waals surface area contributed by atoms with E-state index in [0.717, 1.165) is 30.4 Å². The number of aliphatic hydroxyl groups excluding tert-OH is 1. The average Bonchev–Trinajstić information content (AvgIpc) is 3.07. The molecule has 0 fully saturated rings. The van der Waals surface area contributed by atoms with E-state index in [0.29, 0.717) is 12.2 Å². The Morgan fingerprint density at radius 1 is 0.958 bits per heavy atom. The average molecular weight is 329 g/mol. The predicted molar refractivity (Wildman–Crippen MR) is 95.2 cm³/mol. The molecule has 0 amide bonds. The molecule has 119 valence electrons. The third kappa shape index (κ3) is 4.21. The smallest absolute Gasteiger partial charge is 1.00 e. The van der Waals surface area contributed by atoms with Crippen LogP contribution >= 0.6 is 0 Å². The fourth-order valence-electron chi connectivity index (χ4n) is 3.48. The monoisotopic (exact) mass is 329 g/mol. The number of fused-ring (bicyclic) bond motifs is 2. The van der Waals surface area contributed by atoms with Crippen LogP contribution in [0.4, 0.5) is 0 Å². The zero-order chi connectivity index (χ0) is 15.7. The van der Waals surface area contributed by atoms with E-state index >= 15 is 0 Å². The molecule has 0 aliphatic heterocycles. The van der Waals surface area contributed by atoms with Crippen molar-refractivity contribution in [3.05, 3.63) is 69.8 Å². The second kappa shape index (κ2) is 9.01. The quantitative estimate of drug-likeness (QED) is 0.727. The van der Waals surface area contributed by atoms with Gasteiger partial charge in [-0.1, -0.05) is 36.4 Å². The van der Waals surface area contributed by atoms with Gasteiger partial charge in [-0.05, 0) is 60.9 Å². The third-order valence-corrected chi connectivity index (χ3v) is 4.79. The molecule has 24 heavy (non-hydrogen) atoms. The van der Waals surface area contributed by atoms with Gasteiger partial charge in [-0.2, -0.15) is 0 Å². The van der Waals surface area contributed by atoms with E-state index in [-0.39, 0.29) is 45.5 Å². The standard InChI is InChI=1S/C10H12O.C10H10O.B.Na.H/c2*1-7-3-2-4-9-8(7)5-6-10(9)11;;;/h2-4,10-11H,5-6H2,1H3;2-4H,5-6H2,1H3;;;/q;;;+1;-1. The van der Waals surface area contributed by atoms with E-state index in [9.17, 15) is 9.90 Å². The Hall–Kier alpha value is -0.865. The first-order chi connectivity index (χ1) is 10.6. The van der Waals surface area contributed by atoms with E-state index in [1.165, 1.54) is 22.3 Å². The fraction of sp³-hybridized carbons (Fsp3) is 0.350. The molecule has 0 bridgehead atoms. The van der Waals surface area contributed by atoms with E-state index < -0.39 is 0 Å². The molecule has 2 aromatic carbocycles. The van der Waals surface area contributed by atoms with Crippen molar-refractivity contribution >= 4 is 14.2 Å². The molecule has 0 spiro atoms. The van der Waals surface area contributed by atoms with Crippen LogP contribution in [0, 0.1) is 13.8 Å². The van der Waals surface area contributed by atoms with Crippen molar-refractivity contribution in [2.24, 2.45) is 0 Å². The van der Waals surface area contributed by atoms with Crippen molar-refractivity contribution in [3.8, 4) is 0 Å². The summed E-state index contributed by atoms with van der Waals surface area (Å²) in [5, 5.41) is 9.51. The van der Waals surface area contributed by atoms with Crippen molar-refractivity contribution in [1.29, 1.82) is 0 Å². The van der Waals surface area contributed by atoms with Crippen LogP contribution in [0.25, 0.3) is 0 Å². The summed E-state index contributed by atoms with van der Waals surface area (Å²) in [5.74, 6) is 0.309. The molecule has 4 heteroatoms. The minimum Gasteiger partial charge on any atom is -1.00 e. The molecule has 1 N–H and O–H groups in total. The minimum absolute atomic E-state index is 0. The number of aliphatic hydroxyl groups is 1. The van der Waals surface area contributed by atoms with Gasteiger partial charge in [0.2, 0.25) is 0 Å². The summed E-state index contributed by atoms with van der Waals surface area (Å²) in [7, 11) is 0. The van der Waals surface area contributed by atoms with Crippen molar-refractivity contribution in [2.45, 2.75) is 45.6 Å². The molecule has 4 rings (SSSR count). The Balaban J connectivity index is 0.000000411. The first-order valence-corrected chi connectivity index (χ1v) is 7.96. The van der Waals surface area contributed by atoms with Crippen LogP contribution in [-0.2, 0) is 12.8 Å². The van der Waals surface area contributed by atoms with Gasteiger partial charge in [0.25, 0.3) is 0 Å². The van der Waals surface area contributed by atoms with Crippen LogP contribution in [0.15, 0.2) is 36.4 Å². The maximum Gasteiger partial charge on any atom is 1.00 e. The first kappa shape index (κ1) is 21.2. The van der Waals surface area contributed by atoms with Crippen molar-refractivity contribution < 1.29 is 40.9 Å². The third-order valence-electron chi connectivity index (χ3n) is 4.79. The maximum absolute atomic E-state index is 11.2. The van der Waals surface area contributed by atoms with Crippen molar-refractivity contribution in [1.82, 2.24) is 0 Å². The molecule has 0 saturated carbocycles. The molecule has 0 heterocycles. The van der Waals surface area contributed by atoms with Gasteiger partial charge in [0.15, 0.2) is 5.78 Å². The molecule has 2 aliphatic rings. The van der Waals surface area contributed by atoms with E-state index in [1.54, 1.807) is 0 Å². The topological polar surface area (TPSA) is 37.3 Å². The number of hydrogen-bond acceptors (Lipinski definition) is 2. The SMILES string of the molecule is Cc1cccc2c1CCC2=O.Cc1cccc2c1CCC2O.[B].[H-].[Na+]. The first-order valence-electron chi connectivity index (χ1n) is 7.96. The summed E-state index contributed by atoms with van der Waals surface area (Å²) in [5.41, 5.74) is 7.29. The van der Waals surface area contributed by atoms with E-state index in [4.69, 9.17) is 0 Å². The van der Waals surface area contributed by atoms with Gasteiger partial charge in [-0.15, -0.1) is 0 Å². The van der Waals surface area contributed by atoms with Crippen LogP contribution in [0.5, 0.6) is 0 Å². The van der Waals surface area contributed by atoms with Crippen molar-refractivity contribution in [2.75, 3.05) is 0 Å². The molecule has 0 aromatic heterocycles. The molecular formula is C20H23BNaO2. The second-order valence-electron chi connectivity index (χ2n) is 6.22. The Morgan fingerprint density at radius 2 is 1.58 bits per heavy atom. The zero-order valence-electron chi connectivity index (χ0n) is 15.8. The summed E-state index contributed by atoms with van der Waals surface area (Å²) >= 11 is 0. The Morgan fingerprint density at radius 3 is 2.21 bits per heavy atom. The number of rotatable bonds is 0. The Kier molecular flexibility index (Phi) is 7.95. The number of aryl methyl sites for hydroxylation is 2. The van der Waals surface area contributed by atoms with Gasteiger partial charge < -0.3 is 6.53 Å². The summed E-state index contributed by atoms with van der Waals surface area (Å²) in [6.07, 6.45) is 3.40. The molecular weight excluding hydrogens is 306 g/mol. The maximum atomic E-state index is 11.2. The Labute approximate surface area is 170 Å². The Bertz CT molecular complexity index is 734. The molecule has 1 unspecified atom stereocenters. The van der Waals surface area contributed by atoms with Crippen LogP contribution < -0.4 is 29.6 Å². The molecule has 1 atom stereocenters. The summed E-state index contributed by atoms with van der Waals surface area (Å²) < 4.78 is 0. The number of carbonyl (C=O) groups is 1. The molecule has 0 saturated heterocycles. The molecule has 2 aliphatic carbocycles. The minimum atomic E-state index is -0.204. The number of carbonyl (C=O) groups excluding carboxylic acids is 1. The summed E-state index contributed by atoms with van der Waals surface area (Å²) in [6, 6.07) is 12.1. The van der Waals surface area contributed by atoms with Crippen LogP contribution in [-0.4, -0.2) is 19.3 Å². The molecule has 2 aromatic rings. The van der Waals surface area contributed by atoms with Gasteiger partial charge >= 0.3 is 29.6 Å². The zero-order valence-corrected chi connectivity index (χ0v) is 16.8. The fourth-order valence-corrected chi connectivity index (χ4v) is 3.48. The van der Waals surface area contributed by atoms with Gasteiger partial charge in [0.05, 0.1) is 6.10 Å². The van der Waals surface area contributed by atoms with E-state index in [1.807, 2.05) is 24.3 Å². The number of hydrogen-bond donors (Lipinski definition) is 1. The van der Waals surface area contributed by atoms with Crippen LogP contribution in [0.3, 0.4) is 0 Å². The van der Waals surface area contributed by atoms with Crippen LogP contribution in [0.1, 0.15) is 58.5 Å². The largest absolute Gasteiger partial charge is 1.00 e. The van der Waals surface area contributed by atoms with E-state index in [2.05, 4.69) is 26.0 Å². The van der Waals surface area contributed by atoms with Gasteiger partial charge in [-0.3, -0.25) is 4.79 Å². The summed E-state index contributed by atoms with van der Waals surface area (Å²) in [4.78, 5) is 11.2. The number of benzene rings is 2. The number of Topliss-reactive ketones (excluding diaryl/α,β-unsaturated/α-hetero) is 1. The van der Waals surface area contributed by atoms with Gasteiger partial charge in [0.1, 0.15) is 0 Å².